The van der Waals surface area contributed by atoms with Gasteiger partial charge in [-0.3, -0.25) is 4.72 Å². The molecule has 2 aromatic rings. The van der Waals surface area contributed by atoms with Gasteiger partial charge < -0.3 is 20.1 Å². The highest BCUT2D eigenvalue weighted by Gasteiger charge is 2.17. The Kier molecular flexibility index (Phi) is 5.93. The number of rotatable bonds is 6. The first-order valence-corrected chi connectivity index (χ1v) is 10.4. The SMILES string of the molecule is CC(C)CNC(=O)Nc1ccc(S(=O)(=O)Nc2ccc3c(c2)OCCO3)cc1. The molecule has 1 heterocycles. The number of amides is 2. The number of anilines is 2. The number of urea groups is 1. The molecule has 0 saturated heterocycles. The van der Waals surface area contributed by atoms with Gasteiger partial charge in [0.15, 0.2) is 11.5 Å². The number of carbonyl (C=O) groups is 1. The van der Waals surface area contributed by atoms with Crippen molar-refractivity contribution in [2.75, 3.05) is 29.8 Å². The van der Waals surface area contributed by atoms with E-state index >= 15 is 0 Å². The number of nitrogens with one attached hydrogen (secondary N) is 3. The Bertz CT molecular complexity index is 943. The number of sulfonamides is 1. The molecule has 0 unspecified atom stereocenters. The van der Waals surface area contributed by atoms with Crippen LogP contribution in [0.3, 0.4) is 0 Å². The standard InChI is InChI=1S/C19H23N3O5S/c1-13(2)12-20-19(23)21-14-3-6-16(7-4-14)28(24,25)22-15-5-8-17-18(11-15)27-10-9-26-17/h3-8,11,13,22H,9-10,12H2,1-2H3,(H2,20,21,23). The molecule has 0 aliphatic carbocycles. The maximum absolute atomic E-state index is 12.6. The molecule has 3 rings (SSSR count). The van der Waals surface area contributed by atoms with Gasteiger partial charge in [-0.25, -0.2) is 13.2 Å². The van der Waals surface area contributed by atoms with E-state index in [-0.39, 0.29) is 10.9 Å². The minimum absolute atomic E-state index is 0.0792. The van der Waals surface area contributed by atoms with E-state index in [4.69, 9.17) is 9.47 Å². The van der Waals surface area contributed by atoms with Gasteiger partial charge in [0.1, 0.15) is 13.2 Å². The summed E-state index contributed by atoms with van der Waals surface area (Å²) < 4.78 is 38.6. The Morgan fingerprint density at radius 3 is 2.32 bits per heavy atom. The number of fused-ring (bicyclic) bond motifs is 1. The minimum atomic E-state index is -3.78. The summed E-state index contributed by atoms with van der Waals surface area (Å²) in [5, 5.41) is 5.39. The molecule has 0 radical (unpaired) electrons. The van der Waals surface area contributed by atoms with Gasteiger partial charge in [0, 0.05) is 18.3 Å². The molecule has 0 bridgehead atoms. The predicted molar refractivity (Wildman–Crippen MR) is 107 cm³/mol. The van der Waals surface area contributed by atoms with Gasteiger partial charge in [0.25, 0.3) is 10.0 Å². The first-order chi connectivity index (χ1) is 13.3. The van der Waals surface area contributed by atoms with Crippen molar-refractivity contribution in [3.63, 3.8) is 0 Å². The summed E-state index contributed by atoms with van der Waals surface area (Å²) in [7, 11) is -3.78. The van der Waals surface area contributed by atoms with Crippen molar-refractivity contribution in [1.82, 2.24) is 5.32 Å². The molecule has 8 nitrogen and oxygen atoms in total. The molecule has 2 aromatic carbocycles. The van der Waals surface area contributed by atoms with E-state index in [1.54, 1.807) is 18.2 Å². The van der Waals surface area contributed by atoms with E-state index in [9.17, 15) is 13.2 Å². The normalized spacial score (nSPS) is 13.1. The van der Waals surface area contributed by atoms with Crippen molar-refractivity contribution in [2.45, 2.75) is 18.7 Å². The highest BCUT2D eigenvalue weighted by molar-refractivity contribution is 7.92. The first kappa shape index (κ1) is 19.8. The smallest absolute Gasteiger partial charge is 0.319 e. The van der Waals surface area contributed by atoms with Crippen LogP contribution in [0.5, 0.6) is 11.5 Å². The topological polar surface area (TPSA) is 106 Å². The van der Waals surface area contributed by atoms with Gasteiger partial charge in [-0.2, -0.15) is 0 Å². The summed E-state index contributed by atoms with van der Waals surface area (Å²) in [5.41, 5.74) is 0.874. The number of ether oxygens (including phenoxy) is 2. The second-order valence-electron chi connectivity index (χ2n) is 6.72. The molecular formula is C19H23N3O5S. The molecular weight excluding hydrogens is 382 g/mol. The second-order valence-corrected chi connectivity index (χ2v) is 8.40. The van der Waals surface area contributed by atoms with Crippen LogP contribution >= 0.6 is 0 Å². The lowest BCUT2D eigenvalue weighted by atomic mass is 10.2. The molecule has 0 spiro atoms. The molecule has 150 valence electrons. The highest BCUT2D eigenvalue weighted by atomic mass is 32.2. The van der Waals surface area contributed by atoms with Crippen LogP contribution in [0.15, 0.2) is 47.4 Å². The third kappa shape index (κ3) is 5.07. The summed E-state index contributed by atoms with van der Waals surface area (Å²) in [4.78, 5) is 11.9. The molecule has 2 amide bonds. The number of carbonyl (C=O) groups excluding carboxylic acids is 1. The summed E-state index contributed by atoms with van der Waals surface area (Å²) in [5.74, 6) is 1.42. The van der Waals surface area contributed by atoms with Crippen LogP contribution in [0, 0.1) is 5.92 Å². The van der Waals surface area contributed by atoms with E-state index in [1.165, 1.54) is 24.3 Å². The van der Waals surface area contributed by atoms with Gasteiger partial charge in [-0.15, -0.1) is 0 Å². The van der Waals surface area contributed by atoms with Crippen LogP contribution in [-0.2, 0) is 10.0 Å². The van der Waals surface area contributed by atoms with Crippen LogP contribution in [0.2, 0.25) is 0 Å². The quantitative estimate of drug-likeness (QED) is 0.685. The lowest BCUT2D eigenvalue weighted by Crippen LogP contribution is -2.31. The average Bonchev–Trinajstić information content (AvgIpc) is 2.66. The minimum Gasteiger partial charge on any atom is -0.486 e. The third-order valence-corrected chi connectivity index (χ3v) is 5.28. The van der Waals surface area contributed by atoms with E-state index in [2.05, 4.69) is 15.4 Å². The average molecular weight is 405 g/mol. The summed E-state index contributed by atoms with van der Waals surface area (Å²) in [6.07, 6.45) is 0. The number of benzene rings is 2. The van der Waals surface area contributed by atoms with Gasteiger partial charge in [-0.05, 0) is 42.3 Å². The molecule has 0 atom stereocenters. The lowest BCUT2D eigenvalue weighted by molar-refractivity contribution is 0.171. The van der Waals surface area contributed by atoms with Crippen LogP contribution in [0.1, 0.15) is 13.8 Å². The summed E-state index contributed by atoms with van der Waals surface area (Å²) in [6, 6.07) is 10.5. The van der Waals surface area contributed by atoms with E-state index in [0.717, 1.165) is 0 Å². The maximum atomic E-state index is 12.6. The molecule has 1 aliphatic rings. The zero-order valence-electron chi connectivity index (χ0n) is 15.7. The highest BCUT2D eigenvalue weighted by Crippen LogP contribution is 2.33. The Balaban J connectivity index is 1.66. The maximum Gasteiger partial charge on any atom is 0.319 e. The van der Waals surface area contributed by atoms with Crippen LogP contribution < -0.4 is 24.8 Å². The fourth-order valence-corrected chi connectivity index (χ4v) is 3.56. The molecule has 3 N–H and O–H groups in total. The largest absolute Gasteiger partial charge is 0.486 e. The Morgan fingerprint density at radius 1 is 1.00 bits per heavy atom. The van der Waals surface area contributed by atoms with Gasteiger partial charge in [0.2, 0.25) is 0 Å². The van der Waals surface area contributed by atoms with Gasteiger partial charge in [-0.1, -0.05) is 13.8 Å². The molecule has 1 aliphatic heterocycles. The number of hydrogen-bond acceptors (Lipinski definition) is 5. The van der Waals surface area contributed by atoms with Crippen LogP contribution in [-0.4, -0.2) is 34.2 Å². The van der Waals surface area contributed by atoms with E-state index < -0.39 is 10.0 Å². The zero-order chi connectivity index (χ0) is 20.1. The fraction of sp³-hybridized carbons (Fsp3) is 0.316. The van der Waals surface area contributed by atoms with Crippen LogP contribution in [0.25, 0.3) is 0 Å². The monoisotopic (exact) mass is 405 g/mol. The molecule has 0 fully saturated rings. The van der Waals surface area contributed by atoms with Gasteiger partial charge >= 0.3 is 6.03 Å². The molecule has 0 aromatic heterocycles. The predicted octanol–water partition coefficient (Wildman–Crippen LogP) is 3.04. The molecule has 28 heavy (non-hydrogen) atoms. The zero-order valence-corrected chi connectivity index (χ0v) is 16.5. The van der Waals surface area contributed by atoms with Crippen molar-refractivity contribution in [3.05, 3.63) is 42.5 Å². The van der Waals surface area contributed by atoms with Crippen molar-refractivity contribution in [2.24, 2.45) is 5.92 Å². The Hall–Kier alpha value is -2.94. The van der Waals surface area contributed by atoms with Crippen LogP contribution in [0.4, 0.5) is 16.2 Å². The molecule has 0 saturated carbocycles. The lowest BCUT2D eigenvalue weighted by Gasteiger charge is -2.19. The van der Waals surface area contributed by atoms with Crippen molar-refractivity contribution in [3.8, 4) is 11.5 Å². The van der Waals surface area contributed by atoms with E-state index in [0.29, 0.717) is 48.6 Å². The van der Waals surface area contributed by atoms with Crippen molar-refractivity contribution < 1.29 is 22.7 Å². The fourth-order valence-electron chi connectivity index (χ4n) is 2.51. The Labute approximate surface area is 164 Å². The molecule has 9 heteroatoms. The summed E-state index contributed by atoms with van der Waals surface area (Å²) >= 11 is 0. The van der Waals surface area contributed by atoms with E-state index in [1.807, 2.05) is 13.8 Å². The second kappa shape index (κ2) is 8.39. The van der Waals surface area contributed by atoms with Crippen molar-refractivity contribution in [1.29, 1.82) is 0 Å². The first-order valence-electron chi connectivity index (χ1n) is 8.91. The third-order valence-electron chi connectivity index (χ3n) is 3.89. The summed E-state index contributed by atoms with van der Waals surface area (Å²) in [6.45, 7) is 5.43. The number of hydrogen-bond donors (Lipinski definition) is 3. The Morgan fingerprint density at radius 2 is 1.64 bits per heavy atom. The van der Waals surface area contributed by atoms with Crippen molar-refractivity contribution >= 4 is 27.4 Å². The van der Waals surface area contributed by atoms with Gasteiger partial charge in [0.05, 0.1) is 10.6 Å².